The van der Waals surface area contributed by atoms with Gasteiger partial charge in [-0.3, -0.25) is 0 Å². The number of nitriles is 1. The van der Waals surface area contributed by atoms with Gasteiger partial charge in [0.2, 0.25) is 11.2 Å². The summed E-state index contributed by atoms with van der Waals surface area (Å²) in [6.45, 7) is -0.0641. The first-order valence-electron chi connectivity index (χ1n) is 5.77. The molecule has 0 saturated heterocycles. The summed E-state index contributed by atoms with van der Waals surface area (Å²) in [4.78, 5) is 9.75. The third kappa shape index (κ3) is 7.98. The highest BCUT2D eigenvalue weighted by Crippen LogP contribution is 2.18. The van der Waals surface area contributed by atoms with Crippen LogP contribution in [-0.2, 0) is 9.22 Å². The van der Waals surface area contributed by atoms with E-state index in [2.05, 4.69) is 0 Å². The predicted octanol–water partition coefficient (Wildman–Crippen LogP) is 1.78. The standard InChI is InChI=1S/C7H13F2NOSi.C4H6F2O3/c1-12(2,3)11-7(4-8,5-9)6-10;5-1-4(9,2-6)3(7)8/h4-5H2,1-3H3;9H,1-2H2,(H,7,8). The van der Waals surface area contributed by atoms with Crippen LogP contribution in [0.1, 0.15) is 0 Å². The van der Waals surface area contributed by atoms with Gasteiger partial charge in [-0.1, -0.05) is 0 Å². The van der Waals surface area contributed by atoms with Crippen LogP contribution in [0.4, 0.5) is 17.6 Å². The van der Waals surface area contributed by atoms with Crippen LogP contribution in [0.2, 0.25) is 19.6 Å². The smallest absolute Gasteiger partial charge is 0.341 e. The summed E-state index contributed by atoms with van der Waals surface area (Å²) in [6, 6.07) is 1.53. The summed E-state index contributed by atoms with van der Waals surface area (Å²) >= 11 is 0. The molecule has 0 aliphatic carbocycles. The van der Waals surface area contributed by atoms with E-state index in [4.69, 9.17) is 19.9 Å². The van der Waals surface area contributed by atoms with Gasteiger partial charge in [0, 0.05) is 0 Å². The molecule has 10 heteroatoms. The number of halogens is 4. The molecular weight excluding hydrogens is 314 g/mol. The molecule has 0 aromatic heterocycles. The number of aliphatic hydroxyl groups is 1. The average molecular weight is 333 g/mol. The molecule has 0 amide bonds. The van der Waals surface area contributed by atoms with Crippen molar-refractivity contribution >= 4 is 14.3 Å². The minimum atomic E-state index is -2.83. The van der Waals surface area contributed by atoms with Crippen LogP contribution in [0.3, 0.4) is 0 Å². The van der Waals surface area contributed by atoms with Gasteiger partial charge in [0.25, 0.3) is 0 Å². The second-order valence-electron chi connectivity index (χ2n) is 5.19. The monoisotopic (exact) mass is 333 g/mol. The minimum absolute atomic E-state index is 1.09. The summed E-state index contributed by atoms with van der Waals surface area (Å²) in [5.74, 6) is -1.88. The quantitative estimate of drug-likeness (QED) is 0.547. The van der Waals surface area contributed by atoms with Gasteiger partial charge in [0.1, 0.15) is 32.8 Å². The van der Waals surface area contributed by atoms with Crippen molar-refractivity contribution in [3.8, 4) is 6.07 Å². The van der Waals surface area contributed by atoms with E-state index in [9.17, 15) is 22.4 Å². The number of carbonyl (C=O) groups is 1. The van der Waals surface area contributed by atoms with Gasteiger partial charge >= 0.3 is 5.97 Å². The van der Waals surface area contributed by atoms with Crippen LogP contribution >= 0.6 is 0 Å². The van der Waals surface area contributed by atoms with Crippen molar-refractivity contribution in [1.29, 1.82) is 5.26 Å². The third-order valence-corrected chi connectivity index (χ3v) is 2.98. The molecule has 0 atom stereocenters. The highest BCUT2D eigenvalue weighted by molar-refractivity contribution is 6.69. The number of carboxylic acids is 1. The Morgan fingerprint density at radius 3 is 1.57 bits per heavy atom. The number of carboxylic acid groups (broad SMARTS) is 1. The van der Waals surface area contributed by atoms with Gasteiger partial charge in [-0.2, -0.15) is 5.26 Å². The first kappa shape index (κ1) is 22.1. The maximum Gasteiger partial charge on any atom is 0.341 e. The maximum atomic E-state index is 12.3. The minimum Gasteiger partial charge on any atom is -0.479 e. The van der Waals surface area contributed by atoms with Crippen LogP contribution in [0.5, 0.6) is 0 Å². The largest absolute Gasteiger partial charge is 0.479 e. The van der Waals surface area contributed by atoms with Crippen LogP contribution in [0, 0.1) is 11.3 Å². The fraction of sp³-hybridized carbons (Fsp3) is 0.818. The molecule has 0 radical (unpaired) electrons. The number of nitrogens with zero attached hydrogens (tertiary/aromatic N) is 1. The highest BCUT2D eigenvalue weighted by atomic mass is 28.4. The lowest BCUT2D eigenvalue weighted by molar-refractivity contribution is -0.161. The summed E-state index contributed by atoms with van der Waals surface area (Å²) in [5, 5.41) is 24.8. The summed E-state index contributed by atoms with van der Waals surface area (Å²) in [5.41, 5.74) is -4.69. The molecule has 0 spiro atoms. The van der Waals surface area contributed by atoms with Crippen LogP contribution < -0.4 is 0 Å². The van der Waals surface area contributed by atoms with Gasteiger partial charge in [0.15, 0.2) is 8.32 Å². The molecule has 0 unspecified atom stereocenters. The van der Waals surface area contributed by atoms with Crippen molar-refractivity contribution in [3.05, 3.63) is 0 Å². The molecule has 0 rings (SSSR count). The lowest BCUT2D eigenvalue weighted by Crippen LogP contribution is -2.45. The molecule has 0 aromatic rings. The van der Waals surface area contributed by atoms with Crippen LogP contribution in [0.15, 0.2) is 0 Å². The molecule has 21 heavy (non-hydrogen) atoms. The van der Waals surface area contributed by atoms with Gasteiger partial charge in [-0.05, 0) is 19.6 Å². The Morgan fingerprint density at radius 2 is 1.52 bits per heavy atom. The van der Waals surface area contributed by atoms with E-state index in [1.54, 1.807) is 19.6 Å². The lowest BCUT2D eigenvalue weighted by Gasteiger charge is -2.28. The number of alkyl halides is 4. The van der Waals surface area contributed by atoms with E-state index in [0.29, 0.717) is 0 Å². The second kappa shape index (κ2) is 8.96. The number of hydrogen-bond acceptors (Lipinski definition) is 4. The molecule has 5 nitrogen and oxygen atoms in total. The van der Waals surface area contributed by atoms with Gasteiger partial charge in [-0.15, -0.1) is 0 Å². The first-order valence-corrected chi connectivity index (χ1v) is 9.17. The zero-order valence-corrected chi connectivity index (χ0v) is 13.0. The van der Waals surface area contributed by atoms with Crippen molar-refractivity contribution in [2.45, 2.75) is 30.8 Å². The van der Waals surface area contributed by atoms with Crippen molar-refractivity contribution < 1.29 is 37.0 Å². The molecular formula is C11H19F4NO4Si. The zero-order valence-electron chi connectivity index (χ0n) is 12.0. The van der Waals surface area contributed by atoms with Crippen molar-refractivity contribution in [2.75, 3.05) is 26.7 Å². The van der Waals surface area contributed by atoms with E-state index in [1.807, 2.05) is 0 Å². The fourth-order valence-electron chi connectivity index (χ4n) is 0.909. The van der Waals surface area contributed by atoms with Crippen LogP contribution in [-0.4, -0.2) is 62.4 Å². The Labute approximate surface area is 121 Å². The third-order valence-electron chi connectivity index (χ3n) is 1.98. The normalized spacial score (nSPS) is 12.1. The van der Waals surface area contributed by atoms with E-state index in [1.165, 1.54) is 6.07 Å². The van der Waals surface area contributed by atoms with E-state index in [-0.39, 0.29) is 0 Å². The molecule has 0 heterocycles. The van der Waals surface area contributed by atoms with Gasteiger partial charge < -0.3 is 14.6 Å². The second-order valence-corrected chi connectivity index (χ2v) is 9.62. The van der Waals surface area contributed by atoms with Crippen molar-refractivity contribution in [3.63, 3.8) is 0 Å². The molecule has 0 aliphatic rings. The fourth-order valence-corrected chi connectivity index (χ4v) is 2.24. The Bertz CT molecular complexity index is 362. The number of aliphatic carboxylic acids is 1. The Morgan fingerprint density at radius 1 is 1.14 bits per heavy atom. The zero-order chi connectivity index (χ0) is 17.3. The van der Waals surface area contributed by atoms with Crippen molar-refractivity contribution in [2.24, 2.45) is 0 Å². The molecule has 2 N–H and O–H groups in total. The van der Waals surface area contributed by atoms with E-state index < -0.39 is 52.2 Å². The number of hydrogen-bond donors (Lipinski definition) is 2. The molecule has 0 fully saturated rings. The predicted molar refractivity (Wildman–Crippen MR) is 69.3 cm³/mol. The van der Waals surface area contributed by atoms with Gasteiger partial charge in [-0.25, -0.2) is 22.4 Å². The molecule has 0 saturated carbocycles. The lowest BCUT2D eigenvalue weighted by atomic mass is 10.1. The van der Waals surface area contributed by atoms with Crippen LogP contribution in [0.25, 0.3) is 0 Å². The summed E-state index contributed by atoms with van der Waals surface area (Å²) < 4.78 is 52.5. The summed E-state index contributed by atoms with van der Waals surface area (Å²) in [7, 11) is -2.06. The maximum absolute atomic E-state index is 12.3. The topological polar surface area (TPSA) is 90.5 Å². The van der Waals surface area contributed by atoms with E-state index in [0.717, 1.165) is 0 Å². The molecule has 0 aliphatic heterocycles. The molecule has 0 bridgehead atoms. The molecule has 0 aromatic carbocycles. The average Bonchev–Trinajstić information content (AvgIpc) is 2.43. The highest BCUT2D eigenvalue weighted by Gasteiger charge is 2.37. The first-order chi connectivity index (χ1) is 9.45. The SMILES string of the molecule is C[Si](C)(C)OC(C#N)(CF)CF.O=C(O)C(O)(CF)CF. The van der Waals surface area contributed by atoms with E-state index >= 15 is 0 Å². The summed E-state index contributed by atoms with van der Waals surface area (Å²) in [6.07, 6.45) is 0. The Kier molecular flexibility index (Phi) is 9.43. The van der Waals surface area contributed by atoms with Crippen molar-refractivity contribution in [1.82, 2.24) is 0 Å². The Hall–Kier alpha value is -1.18. The molecule has 124 valence electrons. The number of rotatable bonds is 7. The Balaban J connectivity index is 0. The van der Waals surface area contributed by atoms with Gasteiger partial charge in [0.05, 0.1) is 0 Å².